The summed E-state index contributed by atoms with van der Waals surface area (Å²) in [5.74, 6) is 0.782. The molecule has 2 rings (SSSR count). The zero-order chi connectivity index (χ0) is 13.8. The average molecular weight is 271 g/mol. The Labute approximate surface area is 119 Å². The first kappa shape index (κ1) is 13.6. The number of aryl methyl sites for hydroxylation is 2. The van der Waals surface area contributed by atoms with Crippen molar-refractivity contribution in [2.24, 2.45) is 5.73 Å². The highest BCUT2D eigenvalue weighted by Gasteiger charge is 2.01. The van der Waals surface area contributed by atoms with Crippen LogP contribution < -0.4 is 10.5 Å². The molecule has 0 atom stereocenters. The van der Waals surface area contributed by atoms with E-state index in [0.717, 1.165) is 11.3 Å². The van der Waals surface area contributed by atoms with Crippen LogP contribution >= 0.6 is 12.2 Å². The van der Waals surface area contributed by atoms with E-state index in [1.54, 1.807) is 0 Å². The van der Waals surface area contributed by atoms with Crippen LogP contribution in [0.4, 0.5) is 0 Å². The Morgan fingerprint density at radius 2 is 1.79 bits per heavy atom. The Hall–Kier alpha value is -1.87. The topological polar surface area (TPSA) is 35.2 Å². The minimum Gasteiger partial charge on any atom is -0.489 e. The van der Waals surface area contributed by atoms with Gasteiger partial charge in [0.1, 0.15) is 17.3 Å². The van der Waals surface area contributed by atoms with Gasteiger partial charge < -0.3 is 10.5 Å². The second-order valence-corrected chi connectivity index (χ2v) is 5.12. The minimum absolute atomic E-state index is 0.386. The van der Waals surface area contributed by atoms with E-state index < -0.39 is 0 Å². The van der Waals surface area contributed by atoms with Gasteiger partial charge >= 0.3 is 0 Å². The van der Waals surface area contributed by atoms with Crippen molar-refractivity contribution in [3.8, 4) is 5.75 Å². The molecule has 0 fully saturated rings. The highest BCUT2D eigenvalue weighted by Crippen LogP contribution is 2.16. The molecule has 2 nitrogen and oxygen atoms in total. The highest BCUT2D eigenvalue weighted by atomic mass is 32.1. The van der Waals surface area contributed by atoms with Gasteiger partial charge in [-0.1, -0.05) is 53.7 Å². The Morgan fingerprint density at radius 1 is 1.11 bits per heavy atom. The maximum atomic E-state index is 5.78. The molecule has 19 heavy (non-hydrogen) atoms. The molecular weight excluding hydrogens is 254 g/mol. The van der Waals surface area contributed by atoms with Crippen LogP contribution in [0.3, 0.4) is 0 Å². The van der Waals surface area contributed by atoms with Crippen molar-refractivity contribution in [2.75, 3.05) is 0 Å². The van der Waals surface area contributed by atoms with Gasteiger partial charge in [0, 0.05) is 5.56 Å². The third-order valence-electron chi connectivity index (χ3n) is 2.81. The lowest BCUT2D eigenvalue weighted by molar-refractivity contribution is 0.306. The van der Waals surface area contributed by atoms with Crippen LogP contribution in [0.15, 0.2) is 42.5 Å². The monoisotopic (exact) mass is 271 g/mol. The first-order valence-corrected chi connectivity index (χ1v) is 6.55. The van der Waals surface area contributed by atoms with Gasteiger partial charge in [0.05, 0.1) is 0 Å². The summed E-state index contributed by atoms with van der Waals surface area (Å²) in [6, 6.07) is 14.0. The number of rotatable bonds is 4. The third kappa shape index (κ3) is 3.80. The van der Waals surface area contributed by atoms with Crippen LogP contribution in [0.1, 0.15) is 22.3 Å². The fraction of sp³-hybridized carbons (Fsp3) is 0.188. The summed E-state index contributed by atoms with van der Waals surface area (Å²) in [7, 11) is 0. The van der Waals surface area contributed by atoms with E-state index >= 15 is 0 Å². The summed E-state index contributed by atoms with van der Waals surface area (Å²) in [4.78, 5) is 0.386. The fourth-order valence-electron chi connectivity index (χ4n) is 2.06. The third-order valence-corrected chi connectivity index (χ3v) is 3.04. The molecule has 0 aliphatic carbocycles. The van der Waals surface area contributed by atoms with Crippen molar-refractivity contribution in [2.45, 2.75) is 20.5 Å². The average Bonchev–Trinajstić information content (AvgIpc) is 2.35. The van der Waals surface area contributed by atoms with E-state index in [-0.39, 0.29) is 0 Å². The van der Waals surface area contributed by atoms with Crippen LogP contribution in [0, 0.1) is 13.8 Å². The SMILES string of the molecule is Cc1cc(C)cc(COc2cccc(C(N)=S)c2)c1. The molecule has 98 valence electrons. The molecule has 0 bridgehead atoms. The van der Waals surface area contributed by atoms with Crippen LogP contribution in [-0.4, -0.2) is 4.99 Å². The normalized spacial score (nSPS) is 10.2. The lowest BCUT2D eigenvalue weighted by Gasteiger charge is -2.09. The molecule has 0 saturated carbocycles. The lowest BCUT2D eigenvalue weighted by atomic mass is 10.1. The second kappa shape index (κ2) is 5.85. The van der Waals surface area contributed by atoms with E-state index in [1.165, 1.54) is 16.7 Å². The summed E-state index contributed by atoms with van der Waals surface area (Å²) >= 11 is 4.96. The predicted octanol–water partition coefficient (Wildman–Crippen LogP) is 3.52. The van der Waals surface area contributed by atoms with Gasteiger partial charge in [-0.3, -0.25) is 0 Å². The molecule has 2 aromatic carbocycles. The maximum Gasteiger partial charge on any atom is 0.120 e. The van der Waals surface area contributed by atoms with Crippen molar-refractivity contribution in [3.63, 3.8) is 0 Å². The van der Waals surface area contributed by atoms with Crippen LogP contribution in [0.5, 0.6) is 5.75 Å². The van der Waals surface area contributed by atoms with Gasteiger partial charge in [-0.25, -0.2) is 0 Å². The molecule has 2 N–H and O–H groups in total. The predicted molar refractivity (Wildman–Crippen MR) is 82.6 cm³/mol. The zero-order valence-electron chi connectivity index (χ0n) is 11.1. The summed E-state index contributed by atoms with van der Waals surface area (Å²) in [5.41, 5.74) is 10.1. The molecule has 0 unspecified atom stereocenters. The number of hydrogen-bond acceptors (Lipinski definition) is 2. The zero-order valence-corrected chi connectivity index (χ0v) is 12.0. The number of nitrogens with two attached hydrogens (primary N) is 1. The highest BCUT2D eigenvalue weighted by molar-refractivity contribution is 7.80. The minimum atomic E-state index is 0.386. The largest absolute Gasteiger partial charge is 0.489 e. The molecule has 0 aliphatic rings. The fourth-order valence-corrected chi connectivity index (χ4v) is 2.19. The standard InChI is InChI=1S/C16H17NOS/c1-11-6-12(2)8-13(7-11)10-18-15-5-3-4-14(9-15)16(17)19/h3-9H,10H2,1-2H3,(H2,17,19). The molecule has 0 amide bonds. The summed E-state index contributed by atoms with van der Waals surface area (Å²) < 4.78 is 5.78. The molecule has 0 heterocycles. The lowest BCUT2D eigenvalue weighted by Crippen LogP contribution is -2.09. The number of benzene rings is 2. The van der Waals surface area contributed by atoms with Crippen molar-refractivity contribution in [1.29, 1.82) is 0 Å². The molecule has 0 aliphatic heterocycles. The van der Waals surface area contributed by atoms with Gasteiger partial charge in [-0.05, 0) is 31.5 Å². The van der Waals surface area contributed by atoms with Crippen molar-refractivity contribution >= 4 is 17.2 Å². The number of thiocarbonyl (C=S) groups is 1. The second-order valence-electron chi connectivity index (χ2n) is 4.68. The molecule has 2 aromatic rings. The van der Waals surface area contributed by atoms with Gasteiger partial charge in [-0.2, -0.15) is 0 Å². The smallest absolute Gasteiger partial charge is 0.120 e. The summed E-state index contributed by atoms with van der Waals surface area (Å²) in [6.45, 7) is 4.72. The number of ether oxygens (including phenoxy) is 1. The molecular formula is C16H17NOS. The van der Waals surface area contributed by atoms with Gasteiger partial charge in [0.2, 0.25) is 0 Å². The quantitative estimate of drug-likeness (QED) is 0.864. The van der Waals surface area contributed by atoms with E-state index in [9.17, 15) is 0 Å². The number of hydrogen-bond donors (Lipinski definition) is 1. The molecule has 3 heteroatoms. The van der Waals surface area contributed by atoms with Gasteiger partial charge in [0.15, 0.2) is 0 Å². The Bertz CT molecular complexity index is 587. The molecule has 0 spiro atoms. The van der Waals surface area contributed by atoms with E-state index in [2.05, 4.69) is 32.0 Å². The van der Waals surface area contributed by atoms with E-state index in [1.807, 2.05) is 24.3 Å². The maximum absolute atomic E-state index is 5.78. The van der Waals surface area contributed by atoms with Crippen molar-refractivity contribution in [1.82, 2.24) is 0 Å². The van der Waals surface area contributed by atoms with E-state index in [4.69, 9.17) is 22.7 Å². The van der Waals surface area contributed by atoms with Gasteiger partial charge in [0.25, 0.3) is 0 Å². The van der Waals surface area contributed by atoms with Crippen LogP contribution in [-0.2, 0) is 6.61 Å². The van der Waals surface area contributed by atoms with Crippen molar-refractivity contribution in [3.05, 3.63) is 64.7 Å². The Morgan fingerprint density at radius 3 is 2.42 bits per heavy atom. The van der Waals surface area contributed by atoms with Crippen molar-refractivity contribution < 1.29 is 4.74 Å². The van der Waals surface area contributed by atoms with Crippen LogP contribution in [0.25, 0.3) is 0 Å². The molecule has 0 radical (unpaired) electrons. The van der Waals surface area contributed by atoms with Crippen LogP contribution in [0.2, 0.25) is 0 Å². The Balaban J connectivity index is 2.10. The first-order chi connectivity index (χ1) is 9.04. The summed E-state index contributed by atoms with van der Waals surface area (Å²) in [5, 5.41) is 0. The molecule has 0 saturated heterocycles. The van der Waals surface area contributed by atoms with Gasteiger partial charge in [-0.15, -0.1) is 0 Å². The molecule has 0 aromatic heterocycles. The first-order valence-electron chi connectivity index (χ1n) is 6.14. The summed E-state index contributed by atoms with van der Waals surface area (Å²) in [6.07, 6.45) is 0. The Kier molecular flexibility index (Phi) is 4.17. The van der Waals surface area contributed by atoms with E-state index in [0.29, 0.717) is 11.6 Å².